The van der Waals surface area contributed by atoms with Crippen molar-refractivity contribution in [3.05, 3.63) is 36.4 Å². The Bertz CT molecular complexity index is 734. The van der Waals surface area contributed by atoms with Crippen LogP contribution in [-0.4, -0.2) is 29.6 Å². The highest BCUT2D eigenvalue weighted by atomic mass is 35.5. The largest absolute Gasteiger partial charge is 0.440 e. The van der Waals surface area contributed by atoms with Crippen LogP contribution >= 0.6 is 12.4 Å². The van der Waals surface area contributed by atoms with E-state index in [2.05, 4.69) is 10.3 Å². The van der Waals surface area contributed by atoms with Crippen molar-refractivity contribution in [2.75, 3.05) is 18.5 Å². The molecule has 7 heteroatoms. The molecule has 2 aliphatic rings. The summed E-state index contributed by atoms with van der Waals surface area (Å²) < 4.78 is 11.1. The molecule has 0 atom stereocenters. The van der Waals surface area contributed by atoms with Crippen molar-refractivity contribution < 1.29 is 13.9 Å². The SMILES string of the molecule is Cl.NC1(C(=O)Nc2ccc(-c3cnc(C4CC4)o3)cc2)CCOCC1. The first kappa shape index (κ1) is 17.9. The Morgan fingerprint density at radius 1 is 1.20 bits per heavy atom. The minimum absolute atomic E-state index is 0. The number of nitrogens with two attached hydrogens (primary N) is 1. The number of amides is 1. The summed E-state index contributed by atoms with van der Waals surface area (Å²) in [5.41, 5.74) is 7.02. The van der Waals surface area contributed by atoms with Crippen LogP contribution in [0.1, 0.15) is 37.5 Å². The fourth-order valence-corrected chi connectivity index (χ4v) is 2.88. The van der Waals surface area contributed by atoms with Crippen LogP contribution in [-0.2, 0) is 9.53 Å². The summed E-state index contributed by atoms with van der Waals surface area (Å²) in [5.74, 6) is 1.92. The van der Waals surface area contributed by atoms with Crippen molar-refractivity contribution in [2.24, 2.45) is 5.73 Å². The number of hydrogen-bond donors (Lipinski definition) is 2. The number of hydrogen-bond acceptors (Lipinski definition) is 5. The van der Waals surface area contributed by atoms with E-state index >= 15 is 0 Å². The third-order valence-corrected chi connectivity index (χ3v) is 4.71. The summed E-state index contributed by atoms with van der Waals surface area (Å²) >= 11 is 0. The molecule has 134 valence electrons. The van der Waals surface area contributed by atoms with E-state index in [1.165, 1.54) is 0 Å². The minimum Gasteiger partial charge on any atom is -0.440 e. The second-order valence-corrected chi connectivity index (χ2v) is 6.64. The van der Waals surface area contributed by atoms with E-state index in [1.54, 1.807) is 6.20 Å². The van der Waals surface area contributed by atoms with E-state index in [4.69, 9.17) is 14.9 Å². The number of rotatable bonds is 4. The zero-order valence-corrected chi connectivity index (χ0v) is 14.7. The molecule has 1 aliphatic heterocycles. The number of nitrogens with one attached hydrogen (secondary N) is 1. The van der Waals surface area contributed by atoms with Gasteiger partial charge in [-0.15, -0.1) is 12.4 Å². The minimum atomic E-state index is -0.846. The highest BCUT2D eigenvalue weighted by Gasteiger charge is 2.35. The topological polar surface area (TPSA) is 90.4 Å². The first-order chi connectivity index (χ1) is 11.6. The van der Waals surface area contributed by atoms with Gasteiger partial charge in [-0.1, -0.05) is 0 Å². The normalized spacial score (nSPS) is 19.1. The molecule has 0 unspecified atom stereocenters. The lowest BCUT2D eigenvalue weighted by atomic mass is 9.90. The second-order valence-electron chi connectivity index (χ2n) is 6.64. The summed E-state index contributed by atoms with van der Waals surface area (Å²) in [4.78, 5) is 16.7. The molecule has 1 amide bonds. The van der Waals surface area contributed by atoms with Gasteiger partial charge in [-0.2, -0.15) is 0 Å². The molecule has 0 radical (unpaired) electrons. The number of carbonyl (C=O) groups excluding carboxylic acids is 1. The Labute approximate surface area is 152 Å². The molecule has 1 saturated carbocycles. The Morgan fingerprint density at radius 2 is 1.88 bits per heavy atom. The van der Waals surface area contributed by atoms with Crippen LogP contribution in [0.25, 0.3) is 11.3 Å². The molecule has 6 nitrogen and oxygen atoms in total. The van der Waals surface area contributed by atoms with Crippen molar-refractivity contribution in [2.45, 2.75) is 37.1 Å². The maximum Gasteiger partial charge on any atom is 0.244 e. The number of nitrogens with zero attached hydrogens (tertiary/aromatic N) is 1. The molecule has 1 saturated heterocycles. The smallest absolute Gasteiger partial charge is 0.244 e. The molecule has 0 spiro atoms. The van der Waals surface area contributed by atoms with Crippen LogP contribution < -0.4 is 11.1 Å². The van der Waals surface area contributed by atoms with Gasteiger partial charge in [-0.05, 0) is 49.9 Å². The molecular weight excluding hydrogens is 342 g/mol. The highest BCUT2D eigenvalue weighted by molar-refractivity contribution is 5.98. The standard InChI is InChI=1S/C18H21N3O3.ClH/c19-18(7-9-23-10-8-18)17(22)21-14-5-3-12(4-6-14)15-11-20-16(24-15)13-1-2-13;/h3-6,11,13H,1-2,7-10,19H2,(H,21,22);1H. The van der Waals surface area contributed by atoms with Gasteiger partial charge in [0.1, 0.15) is 5.54 Å². The van der Waals surface area contributed by atoms with Crippen LogP contribution in [0.3, 0.4) is 0 Å². The number of oxazole rings is 1. The Balaban J connectivity index is 0.00000182. The van der Waals surface area contributed by atoms with Gasteiger partial charge in [0.25, 0.3) is 0 Å². The van der Waals surface area contributed by atoms with Crippen LogP contribution in [0.15, 0.2) is 34.9 Å². The van der Waals surface area contributed by atoms with Crippen molar-refractivity contribution in [3.8, 4) is 11.3 Å². The van der Waals surface area contributed by atoms with Crippen molar-refractivity contribution in [1.29, 1.82) is 0 Å². The predicted octanol–water partition coefficient (Wildman–Crippen LogP) is 3.09. The molecule has 0 bridgehead atoms. The second kappa shape index (κ2) is 7.15. The van der Waals surface area contributed by atoms with Gasteiger partial charge in [0.15, 0.2) is 11.7 Å². The molecule has 2 aromatic rings. The van der Waals surface area contributed by atoms with Gasteiger partial charge < -0.3 is 20.2 Å². The summed E-state index contributed by atoms with van der Waals surface area (Å²) in [6.45, 7) is 1.05. The van der Waals surface area contributed by atoms with Gasteiger partial charge in [0.2, 0.25) is 5.91 Å². The van der Waals surface area contributed by atoms with Gasteiger partial charge in [-0.25, -0.2) is 4.98 Å². The number of ether oxygens (including phenoxy) is 1. The molecule has 4 rings (SSSR count). The van der Waals surface area contributed by atoms with E-state index in [0.717, 1.165) is 35.7 Å². The maximum absolute atomic E-state index is 12.4. The van der Waals surface area contributed by atoms with E-state index in [9.17, 15) is 4.79 Å². The first-order valence-corrected chi connectivity index (χ1v) is 8.38. The average molecular weight is 364 g/mol. The van der Waals surface area contributed by atoms with Crippen molar-refractivity contribution in [3.63, 3.8) is 0 Å². The molecule has 1 aromatic carbocycles. The maximum atomic E-state index is 12.4. The lowest BCUT2D eigenvalue weighted by Crippen LogP contribution is -2.54. The number of carbonyl (C=O) groups is 1. The number of anilines is 1. The van der Waals surface area contributed by atoms with E-state index < -0.39 is 5.54 Å². The fourth-order valence-electron chi connectivity index (χ4n) is 2.88. The van der Waals surface area contributed by atoms with E-state index in [-0.39, 0.29) is 18.3 Å². The predicted molar refractivity (Wildman–Crippen MR) is 96.8 cm³/mol. The Morgan fingerprint density at radius 3 is 2.52 bits per heavy atom. The summed E-state index contributed by atoms with van der Waals surface area (Å²) in [7, 11) is 0. The fraction of sp³-hybridized carbons (Fsp3) is 0.444. The quantitative estimate of drug-likeness (QED) is 0.871. The van der Waals surface area contributed by atoms with Gasteiger partial charge in [0, 0.05) is 30.4 Å². The summed E-state index contributed by atoms with van der Waals surface area (Å²) in [6, 6.07) is 7.55. The zero-order chi connectivity index (χ0) is 16.6. The molecule has 2 heterocycles. The summed E-state index contributed by atoms with van der Waals surface area (Å²) in [6.07, 6.45) is 5.17. The van der Waals surface area contributed by atoms with E-state index in [1.807, 2.05) is 24.3 Å². The molecule has 1 aromatic heterocycles. The lowest BCUT2D eigenvalue weighted by molar-refractivity contribution is -0.124. The third-order valence-electron chi connectivity index (χ3n) is 4.71. The Kier molecular flexibility index (Phi) is 5.13. The molecule has 3 N–H and O–H groups in total. The van der Waals surface area contributed by atoms with E-state index in [0.29, 0.717) is 32.0 Å². The van der Waals surface area contributed by atoms with Gasteiger partial charge >= 0.3 is 0 Å². The van der Waals surface area contributed by atoms with Crippen molar-refractivity contribution >= 4 is 24.0 Å². The summed E-state index contributed by atoms with van der Waals surface area (Å²) in [5, 5.41) is 2.90. The first-order valence-electron chi connectivity index (χ1n) is 8.38. The van der Waals surface area contributed by atoms with Crippen LogP contribution in [0.4, 0.5) is 5.69 Å². The van der Waals surface area contributed by atoms with Crippen LogP contribution in [0.5, 0.6) is 0 Å². The number of aromatic nitrogens is 1. The molecule has 25 heavy (non-hydrogen) atoms. The Hall–Kier alpha value is -1.89. The molecular formula is C18H22ClN3O3. The molecule has 2 fully saturated rings. The average Bonchev–Trinajstić information content (AvgIpc) is 3.33. The number of benzene rings is 1. The van der Waals surface area contributed by atoms with Crippen LogP contribution in [0, 0.1) is 0 Å². The number of halogens is 1. The highest BCUT2D eigenvalue weighted by Crippen LogP contribution is 2.40. The van der Waals surface area contributed by atoms with Gasteiger partial charge in [-0.3, -0.25) is 4.79 Å². The van der Waals surface area contributed by atoms with Crippen LogP contribution in [0.2, 0.25) is 0 Å². The zero-order valence-electron chi connectivity index (χ0n) is 13.9. The monoisotopic (exact) mass is 363 g/mol. The molecule has 1 aliphatic carbocycles. The van der Waals surface area contributed by atoms with Gasteiger partial charge in [0.05, 0.1) is 6.20 Å². The lowest BCUT2D eigenvalue weighted by Gasteiger charge is -2.31. The third kappa shape index (κ3) is 3.86. The van der Waals surface area contributed by atoms with Crippen molar-refractivity contribution in [1.82, 2.24) is 4.98 Å².